The highest BCUT2D eigenvalue weighted by atomic mass is 16.3. The van der Waals surface area contributed by atoms with E-state index in [0.717, 1.165) is 26.2 Å². The van der Waals surface area contributed by atoms with Crippen molar-refractivity contribution >= 4 is 0 Å². The van der Waals surface area contributed by atoms with Gasteiger partial charge in [0.15, 0.2) is 0 Å². The maximum Gasteiger partial charge on any atom is 0.0947 e. The Bertz CT molecular complexity index is 476. The van der Waals surface area contributed by atoms with Crippen molar-refractivity contribution in [1.82, 2.24) is 10.2 Å². The minimum atomic E-state index is 0.913. The molecule has 1 aromatic carbocycles. The second-order valence-corrected chi connectivity index (χ2v) is 5.30. The van der Waals surface area contributed by atoms with Crippen LogP contribution in [0.3, 0.4) is 0 Å². The Balaban J connectivity index is 1.80. The van der Waals surface area contributed by atoms with Crippen molar-refractivity contribution in [2.75, 3.05) is 13.6 Å². The fraction of sp³-hybridized carbons (Fsp3) is 0.412. The lowest BCUT2D eigenvalue weighted by Crippen LogP contribution is -2.17. The Kier molecular flexibility index (Phi) is 5.84. The standard InChI is InChI=1S/C17H24N2O/c1-3-9-18-11-15-4-6-16(7-5-15)12-19(2)13-17-8-10-20-14-17/h4-8,10,14,18H,3,9,11-13H2,1-2H3. The number of benzene rings is 1. The minimum absolute atomic E-state index is 0.913. The Morgan fingerprint density at radius 1 is 1.00 bits per heavy atom. The molecule has 0 saturated heterocycles. The zero-order valence-electron chi connectivity index (χ0n) is 12.4. The number of hydrogen-bond donors (Lipinski definition) is 1. The molecule has 1 N–H and O–H groups in total. The predicted octanol–water partition coefficient (Wildman–Crippen LogP) is 3.41. The molecule has 0 fully saturated rings. The van der Waals surface area contributed by atoms with Crippen molar-refractivity contribution in [3.05, 3.63) is 59.5 Å². The summed E-state index contributed by atoms with van der Waals surface area (Å²) in [7, 11) is 2.13. The SMILES string of the molecule is CCCNCc1ccc(CN(C)Cc2ccoc2)cc1. The second-order valence-electron chi connectivity index (χ2n) is 5.30. The van der Waals surface area contributed by atoms with Gasteiger partial charge in [-0.25, -0.2) is 0 Å². The minimum Gasteiger partial charge on any atom is -0.472 e. The molecule has 3 heteroatoms. The van der Waals surface area contributed by atoms with Crippen molar-refractivity contribution < 1.29 is 4.42 Å². The van der Waals surface area contributed by atoms with Gasteiger partial charge in [0.2, 0.25) is 0 Å². The first-order chi connectivity index (χ1) is 9.78. The maximum atomic E-state index is 5.09. The van der Waals surface area contributed by atoms with Crippen molar-refractivity contribution in [3.8, 4) is 0 Å². The summed E-state index contributed by atoms with van der Waals surface area (Å²) in [6.45, 7) is 6.09. The number of hydrogen-bond acceptors (Lipinski definition) is 3. The normalized spacial score (nSPS) is 11.2. The molecule has 0 spiro atoms. The van der Waals surface area contributed by atoms with E-state index >= 15 is 0 Å². The van der Waals surface area contributed by atoms with Crippen LogP contribution in [0.15, 0.2) is 47.3 Å². The molecule has 0 aliphatic carbocycles. The number of nitrogens with one attached hydrogen (secondary N) is 1. The number of nitrogens with zero attached hydrogens (tertiary/aromatic N) is 1. The lowest BCUT2D eigenvalue weighted by Gasteiger charge is -2.16. The highest BCUT2D eigenvalue weighted by molar-refractivity contribution is 5.22. The van der Waals surface area contributed by atoms with Gasteiger partial charge in [-0.15, -0.1) is 0 Å². The lowest BCUT2D eigenvalue weighted by atomic mass is 10.1. The second kappa shape index (κ2) is 7.88. The van der Waals surface area contributed by atoms with Gasteiger partial charge in [-0.05, 0) is 37.2 Å². The molecule has 108 valence electrons. The highest BCUT2D eigenvalue weighted by Gasteiger charge is 2.03. The van der Waals surface area contributed by atoms with Crippen LogP contribution in [-0.4, -0.2) is 18.5 Å². The summed E-state index contributed by atoms with van der Waals surface area (Å²) in [6, 6.07) is 10.9. The van der Waals surface area contributed by atoms with E-state index < -0.39 is 0 Å². The molecule has 1 heterocycles. The van der Waals surface area contributed by atoms with E-state index in [1.807, 2.05) is 6.07 Å². The third-order valence-electron chi connectivity index (χ3n) is 3.26. The third kappa shape index (κ3) is 4.83. The van der Waals surface area contributed by atoms with Gasteiger partial charge in [-0.3, -0.25) is 4.90 Å². The van der Waals surface area contributed by atoms with E-state index in [2.05, 4.69) is 48.5 Å². The van der Waals surface area contributed by atoms with Crippen LogP contribution >= 0.6 is 0 Å². The number of rotatable bonds is 8. The topological polar surface area (TPSA) is 28.4 Å². The Labute approximate surface area is 121 Å². The molecule has 20 heavy (non-hydrogen) atoms. The van der Waals surface area contributed by atoms with E-state index in [4.69, 9.17) is 4.42 Å². The average Bonchev–Trinajstić information content (AvgIpc) is 2.94. The Morgan fingerprint density at radius 2 is 1.70 bits per heavy atom. The van der Waals surface area contributed by atoms with Crippen LogP contribution in [0, 0.1) is 0 Å². The van der Waals surface area contributed by atoms with E-state index in [9.17, 15) is 0 Å². The quantitative estimate of drug-likeness (QED) is 0.746. The van der Waals surface area contributed by atoms with Gasteiger partial charge in [-0.1, -0.05) is 31.2 Å². The molecule has 1 aromatic heterocycles. The molecule has 0 aliphatic heterocycles. The van der Waals surface area contributed by atoms with Crippen LogP contribution < -0.4 is 5.32 Å². The summed E-state index contributed by atoms with van der Waals surface area (Å²) in [5.74, 6) is 0. The van der Waals surface area contributed by atoms with Gasteiger partial charge in [0.05, 0.1) is 12.5 Å². The summed E-state index contributed by atoms with van der Waals surface area (Å²) >= 11 is 0. The molecule has 2 rings (SSSR count). The smallest absolute Gasteiger partial charge is 0.0947 e. The van der Waals surface area contributed by atoms with E-state index in [1.165, 1.54) is 23.1 Å². The monoisotopic (exact) mass is 272 g/mol. The van der Waals surface area contributed by atoms with Crippen LogP contribution in [0.5, 0.6) is 0 Å². The summed E-state index contributed by atoms with van der Waals surface area (Å²) in [6.07, 6.45) is 4.71. The molecule has 2 aromatic rings. The molecule has 0 atom stereocenters. The lowest BCUT2D eigenvalue weighted by molar-refractivity contribution is 0.318. The summed E-state index contributed by atoms with van der Waals surface area (Å²) in [5, 5.41) is 3.42. The zero-order valence-corrected chi connectivity index (χ0v) is 12.4. The molecule has 0 unspecified atom stereocenters. The first kappa shape index (κ1) is 14.8. The van der Waals surface area contributed by atoms with Crippen LogP contribution in [0.4, 0.5) is 0 Å². The predicted molar refractivity (Wildman–Crippen MR) is 82.3 cm³/mol. The van der Waals surface area contributed by atoms with Gasteiger partial charge < -0.3 is 9.73 Å². The maximum absolute atomic E-state index is 5.09. The highest BCUT2D eigenvalue weighted by Crippen LogP contribution is 2.10. The third-order valence-corrected chi connectivity index (χ3v) is 3.26. The van der Waals surface area contributed by atoms with Crippen LogP contribution in [0.2, 0.25) is 0 Å². The van der Waals surface area contributed by atoms with Gasteiger partial charge in [0.1, 0.15) is 0 Å². The van der Waals surface area contributed by atoms with Gasteiger partial charge in [0, 0.05) is 25.2 Å². The first-order valence-corrected chi connectivity index (χ1v) is 7.26. The fourth-order valence-electron chi connectivity index (χ4n) is 2.23. The van der Waals surface area contributed by atoms with Crippen LogP contribution in [-0.2, 0) is 19.6 Å². The largest absolute Gasteiger partial charge is 0.472 e. The Morgan fingerprint density at radius 3 is 2.35 bits per heavy atom. The van der Waals surface area contributed by atoms with Gasteiger partial charge >= 0.3 is 0 Å². The summed E-state index contributed by atoms with van der Waals surface area (Å²) in [4.78, 5) is 2.29. The molecule has 0 aliphatic rings. The zero-order chi connectivity index (χ0) is 14.2. The fourth-order valence-corrected chi connectivity index (χ4v) is 2.23. The van der Waals surface area contributed by atoms with E-state index in [0.29, 0.717) is 0 Å². The average molecular weight is 272 g/mol. The van der Waals surface area contributed by atoms with Crippen molar-refractivity contribution in [3.63, 3.8) is 0 Å². The first-order valence-electron chi connectivity index (χ1n) is 7.26. The summed E-state index contributed by atoms with van der Waals surface area (Å²) < 4.78 is 5.09. The molecule has 0 saturated carbocycles. The molecular weight excluding hydrogens is 248 g/mol. The van der Waals surface area contributed by atoms with Crippen molar-refractivity contribution in [2.45, 2.75) is 33.0 Å². The van der Waals surface area contributed by atoms with Gasteiger partial charge in [-0.2, -0.15) is 0 Å². The number of furan rings is 1. The molecule has 0 bridgehead atoms. The van der Waals surface area contributed by atoms with Crippen molar-refractivity contribution in [1.29, 1.82) is 0 Å². The van der Waals surface area contributed by atoms with Crippen LogP contribution in [0.25, 0.3) is 0 Å². The van der Waals surface area contributed by atoms with Gasteiger partial charge in [0.25, 0.3) is 0 Å². The molecule has 0 radical (unpaired) electrons. The van der Waals surface area contributed by atoms with Crippen molar-refractivity contribution in [2.24, 2.45) is 0 Å². The molecule has 3 nitrogen and oxygen atoms in total. The van der Waals surface area contributed by atoms with Crippen LogP contribution in [0.1, 0.15) is 30.0 Å². The summed E-state index contributed by atoms with van der Waals surface area (Å²) in [5.41, 5.74) is 3.91. The van der Waals surface area contributed by atoms with E-state index in [1.54, 1.807) is 12.5 Å². The Hall–Kier alpha value is -1.58. The molecule has 0 amide bonds. The van der Waals surface area contributed by atoms with E-state index in [-0.39, 0.29) is 0 Å². The molecular formula is C17H24N2O.